The normalized spacial score (nSPS) is 31.5. The van der Waals surface area contributed by atoms with Crippen LogP contribution >= 0.6 is 11.6 Å². The first-order valence-electron chi connectivity index (χ1n) is 16.1. The molecule has 0 spiro atoms. The fraction of sp³-hybridized carbons (Fsp3) is 0.559. The van der Waals surface area contributed by atoms with E-state index < -0.39 is 28.3 Å². The zero-order valence-electron chi connectivity index (χ0n) is 26.0. The molecule has 2 aliphatic heterocycles. The summed E-state index contributed by atoms with van der Waals surface area (Å²) in [5.41, 5.74) is 3.24. The lowest BCUT2D eigenvalue weighted by Crippen LogP contribution is -2.57. The van der Waals surface area contributed by atoms with Gasteiger partial charge in [-0.2, -0.15) is 12.7 Å². The fourth-order valence-corrected chi connectivity index (χ4v) is 9.03. The van der Waals surface area contributed by atoms with Crippen molar-refractivity contribution in [1.82, 2.24) is 9.03 Å². The number of methoxy groups -OCH3 is 1. The van der Waals surface area contributed by atoms with Crippen molar-refractivity contribution in [3.63, 3.8) is 0 Å². The Kier molecular flexibility index (Phi) is 9.78. The van der Waals surface area contributed by atoms with Crippen LogP contribution in [0, 0.1) is 11.8 Å². The molecule has 2 aromatic carbocycles. The van der Waals surface area contributed by atoms with Crippen LogP contribution in [0.4, 0.5) is 5.69 Å². The van der Waals surface area contributed by atoms with Crippen molar-refractivity contribution in [3.05, 3.63) is 70.3 Å². The second-order valence-electron chi connectivity index (χ2n) is 13.0. The number of aryl methyl sites for hydroxylation is 1. The van der Waals surface area contributed by atoms with E-state index in [1.165, 1.54) is 9.87 Å². The first-order valence-corrected chi connectivity index (χ1v) is 18.0. The number of aliphatic hydroxyl groups is 1. The number of hydrogen-bond donors (Lipinski definition) is 2. The van der Waals surface area contributed by atoms with E-state index in [-0.39, 0.29) is 29.5 Å². The molecule has 9 nitrogen and oxygen atoms in total. The van der Waals surface area contributed by atoms with Crippen LogP contribution in [0.2, 0.25) is 5.02 Å². The molecule has 2 bridgehead atoms. The first-order chi connectivity index (χ1) is 21.6. The summed E-state index contributed by atoms with van der Waals surface area (Å²) in [4.78, 5) is 15.9. The SMILES string of the molecule is CO[C@H]1C[C@@H](N2[C@H](C)C/C=C/C(O)[C@@H]3CC[C@H]3CN3CCCCc4cc(Cl)ccc4COc4ccc(cc43)C(=O)NS2(=O)=O)C1. The van der Waals surface area contributed by atoms with E-state index in [1.807, 2.05) is 37.3 Å². The van der Waals surface area contributed by atoms with Crippen molar-refractivity contribution in [2.24, 2.45) is 11.8 Å². The molecule has 1 amide bonds. The van der Waals surface area contributed by atoms with Gasteiger partial charge >= 0.3 is 10.2 Å². The summed E-state index contributed by atoms with van der Waals surface area (Å²) >= 11 is 6.32. The first kappa shape index (κ1) is 32.3. The number of fused-ring (bicyclic) bond motifs is 3. The maximum Gasteiger partial charge on any atom is 0.304 e. The van der Waals surface area contributed by atoms with Crippen LogP contribution in [-0.4, -0.2) is 68.2 Å². The summed E-state index contributed by atoms with van der Waals surface area (Å²) in [6, 6.07) is 10.3. The third-order valence-corrected chi connectivity index (χ3v) is 12.0. The fourth-order valence-electron chi connectivity index (χ4n) is 7.26. The molecule has 2 fully saturated rings. The molecular weight excluding hydrogens is 614 g/mol. The second-order valence-corrected chi connectivity index (χ2v) is 15.1. The Morgan fingerprint density at radius 2 is 1.91 bits per heavy atom. The van der Waals surface area contributed by atoms with Crippen LogP contribution in [0.15, 0.2) is 48.6 Å². The summed E-state index contributed by atoms with van der Waals surface area (Å²) in [5.74, 6) is 0.342. The average Bonchev–Trinajstić information content (AvgIpc) is 2.99. The molecule has 0 radical (unpaired) electrons. The minimum atomic E-state index is -4.19. The van der Waals surface area contributed by atoms with Crippen LogP contribution < -0.4 is 14.4 Å². The molecule has 2 aromatic rings. The number of nitrogens with one attached hydrogen (secondary N) is 1. The summed E-state index contributed by atoms with van der Waals surface area (Å²) < 4.78 is 43.2. The number of hydrogen-bond acceptors (Lipinski definition) is 7. The lowest BCUT2D eigenvalue weighted by atomic mass is 9.70. The van der Waals surface area contributed by atoms with Gasteiger partial charge in [-0.3, -0.25) is 4.79 Å². The Hall–Kier alpha value is -2.63. The monoisotopic (exact) mass is 657 g/mol. The molecule has 2 aliphatic carbocycles. The number of rotatable bonds is 2. The zero-order valence-corrected chi connectivity index (χ0v) is 27.6. The molecule has 0 saturated heterocycles. The molecule has 244 valence electrons. The molecule has 45 heavy (non-hydrogen) atoms. The van der Waals surface area contributed by atoms with Crippen molar-refractivity contribution in [2.45, 2.75) is 89.2 Å². The van der Waals surface area contributed by atoms with Gasteiger partial charge in [-0.25, -0.2) is 4.72 Å². The maximum absolute atomic E-state index is 13.8. The van der Waals surface area contributed by atoms with Gasteiger partial charge in [0, 0.05) is 42.9 Å². The topological polar surface area (TPSA) is 108 Å². The molecule has 11 heteroatoms. The van der Waals surface area contributed by atoms with Gasteiger partial charge in [0.2, 0.25) is 0 Å². The molecule has 2 heterocycles. The highest BCUT2D eigenvalue weighted by molar-refractivity contribution is 7.87. The third kappa shape index (κ3) is 7.05. The Morgan fingerprint density at radius 3 is 2.67 bits per heavy atom. The Balaban J connectivity index is 1.37. The molecule has 0 aromatic heterocycles. The number of aliphatic hydroxyl groups excluding tert-OH is 1. The van der Waals surface area contributed by atoms with E-state index in [0.29, 0.717) is 43.2 Å². The van der Waals surface area contributed by atoms with E-state index in [1.54, 1.807) is 25.3 Å². The number of carbonyl (C=O) groups is 1. The van der Waals surface area contributed by atoms with Crippen LogP contribution in [0.1, 0.15) is 73.4 Å². The molecule has 2 N–H and O–H groups in total. The number of anilines is 1. The predicted octanol–water partition coefficient (Wildman–Crippen LogP) is 5.25. The van der Waals surface area contributed by atoms with Gasteiger partial charge in [0.1, 0.15) is 12.4 Å². The van der Waals surface area contributed by atoms with E-state index >= 15 is 0 Å². The summed E-state index contributed by atoms with van der Waals surface area (Å²) in [6.45, 7) is 3.63. The minimum absolute atomic E-state index is 0.0116. The van der Waals surface area contributed by atoms with Crippen molar-refractivity contribution < 1.29 is 27.8 Å². The minimum Gasteiger partial charge on any atom is -0.487 e. The van der Waals surface area contributed by atoms with E-state index in [9.17, 15) is 18.3 Å². The largest absolute Gasteiger partial charge is 0.487 e. The molecular formula is C34H44ClN3O6S. The van der Waals surface area contributed by atoms with E-state index in [0.717, 1.165) is 49.9 Å². The third-order valence-electron chi connectivity index (χ3n) is 10.1. The standard InChI is InChI=1S/C34H44ClN3O6S/c1-22-6-5-8-32(39)30-13-10-25(30)20-37-15-4-3-7-23-16-27(35)12-9-26(23)21-44-33-14-11-24(17-31(33)37)34(40)36-45(41,42)38(22)28-18-29(19-28)43-2/h5,8-9,11-12,14,16-17,22,25,28-30,32,39H,3-4,6-7,10,13,15,18-21H2,1-2H3,(H,36,40)/b8-5+/t22-,25+,28-,29+,30-,32?/m1/s1. The quantitative estimate of drug-likeness (QED) is 0.425. The molecule has 2 saturated carbocycles. The second kappa shape index (κ2) is 13.6. The van der Waals surface area contributed by atoms with Crippen molar-refractivity contribution in [2.75, 3.05) is 25.1 Å². The summed E-state index contributed by atoms with van der Waals surface area (Å²) in [6.07, 6.45) is 9.33. The van der Waals surface area contributed by atoms with Gasteiger partial charge in [0.05, 0.1) is 17.9 Å². The highest BCUT2D eigenvalue weighted by Gasteiger charge is 2.43. The Bertz CT molecular complexity index is 1530. The van der Waals surface area contributed by atoms with Crippen molar-refractivity contribution >= 4 is 33.4 Å². The molecule has 6 rings (SSSR count). The van der Waals surface area contributed by atoms with Crippen LogP contribution in [0.25, 0.3) is 0 Å². The number of ether oxygens (including phenoxy) is 2. The number of carbonyl (C=O) groups excluding carboxylic acids is 1. The lowest BCUT2D eigenvalue weighted by molar-refractivity contribution is -0.0110. The van der Waals surface area contributed by atoms with Crippen LogP contribution in [-0.2, 0) is 28.0 Å². The maximum atomic E-state index is 13.8. The van der Waals surface area contributed by atoms with Gasteiger partial charge in [-0.1, -0.05) is 29.8 Å². The Labute approximate surface area is 271 Å². The number of amides is 1. The highest BCUT2D eigenvalue weighted by atomic mass is 35.5. The lowest BCUT2D eigenvalue weighted by Gasteiger charge is -2.44. The molecule has 1 unspecified atom stereocenters. The number of benzene rings is 2. The average molecular weight is 658 g/mol. The van der Waals surface area contributed by atoms with Crippen LogP contribution in [0.5, 0.6) is 5.75 Å². The van der Waals surface area contributed by atoms with Gasteiger partial charge in [0.25, 0.3) is 5.91 Å². The number of nitrogens with zero attached hydrogens (tertiary/aromatic N) is 2. The van der Waals surface area contributed by atoms with Gasteiger partial charge in [-0.15, -0.1) is 0 Å². The highest BCUT2D eigenvalue weighted by Crippen LogP contribution is 2.41. The van der Waals surface area contributed by atoms with Crippen molar-refractivity contribution in [3.8, 4) is 5.75 Å². The van der Waals surface area contributed by atoms with E-state index in [2.05, 4.69) is 9.62 Å². The zero-order chi connectivity index (χ0) is 31.7. The molecule has 4 atom stereocenters. The van der Waals surface area contributed by atoms with E-state index in [4.69, 9.17) is 21.1 Å². The van der Waals surface area contributed by atoms with Gasteiger partial charge in [0.15, 0.2) is 0 Å². The Morgan fingerprint density at radius 1 is 1.09 bits per heavy atom. The summed E-state index contributed by atoms with van der Waals surface area (Å²) in [5, 5.41) is 11.9. The summed E-state index contributed by atoms with van der Waals surface area (Å²) in [7, 11) is -2.56. The van der Waals surface area contributed by atoms with Gasteiger partial charge in [-0.05, 0) is 112 Å². The van der Waals surface area contributed by atoms with Gasteiger partial charge < -0.3 is 19.5 Å². The number of halogens is 1. The predicted molar refractivity (Wildman–Crippen MR) is 175 cm³/mol. The van der Waals surface area contributed by atoms with Crippen molar-refractivity contribution in [1.29, 1.82) is 0 Å². The molecule has 4 aliphatic rings. The smallest absolute Gasteiger partial charge is 0.304 e. The van der Waals surface area contributed by atoms with Crippen LogP contribution in [0.3, 0.4) is 0 Å².